The van der Waals surface area contributed by atoms with E-state index < -0.39 is 10.0 Å². The Morgan fingerprint density at radius 3 is 2.16 bits per heavy atom. The Kier molecular flexibility index (Phi) is 4.01. The van der Waals surface area contributed by atoms with Crippen LogP contribution in [0.15, 0.2) is 71.6 Å². The van der Waals surface area contributed by atoms with Crippen molar-refractivity contribution in [2.24, 2.45) is 0 Å². The molecule has 2 bridgehead atoms. The monoisotopic (exact) mass is 356 g/mol. The van der Waals surface area contributed by atoms with Crippen molar-refractivity contribution in [3.63, 3.8) is 0 Å². The third-order valence-electron chi connectivity index (χ3n) is 4.75. The van der Waals surface area contributed by atoms with Gasteiger partial charge in [-0.15, -0.1) is 4.41 Å². The number of rotatable bonds is 4. The topological polar surface area (TPSA) is 49.9 Å². The molecule has 130 valence electrons. The Labute approximate surface area is 148 Å². The van der Waals surface area contributed by atoms with Gasteiger partial charge in [0.05, 0.1) is 29.8 Å². The summed E-state index contributed by atoms with van der Waals surface area (Å²) in [6.45, 7) is 0. The van der Waals surface area contributed by atoms with Gasteiger partial charge in [-0.2, -0.15) is 0 Å². The molecule has 5 nitrogen and oxygen atoms in total. The molecular formula is C19H20N2O3S. The predicted octanol–water partition coefficient (Wildman–Crippen LogP) is 3.21. The minimum Gasteiger partial charge on any atom is -0.497 e. The van der Waals surface area contributed by atoms with E-state index >= 15 is 0 Å². The van der Waals surface area contributed by atoms with E-state index in [1.54, 1.807) is 31.4 Å². The van der Waals surface area contributed by atoms with Crippen LogP contribution in [0, 0.1) is 0 Å². The van der Waals surface area contributed by atoms with Crippen LogP contribution in [0.4, 0.5) is 5.69 Å². The van der Waals surface area contributed by atoms with Crippen LogP contribution in [0.5, 0.6) is 5.75 Å². The van der Waals surface area contributed by atoms with E-state index in [4.69, 9.17) is 4.74 Å². The highest BCUT2D eigenvalue weighted by Gasteiger charge is 2.44. The summed E-state index contributed by atoms with van der Waals surface area (Å²) < 4.78 is 33.4. The number of benzene rings is 2. The van der Waals surface area contributed by atoms with Crippen molar-refractivity contribution in [2.75, 3.05) is 12.1 Å². The molecule has 1 aliphatic carbocycles. The molecule has 25 heavy (non-hydrogen) atoms. The minimum absolute atomic E-state index is 0.0388. The number of hydrogen-bond acceptors (Lipinski definition) is 4. The molecule has 0 radical (unpaired) electrons. The number of anilines is 1. The van der Waals surface area contributed by atoms with Crippen molar-refractivity contribution in [1.82, 2.24) is 4.41 Å². The quantitative estimate of drug-likeness (QED) is 0.790. The van der Waals surface area contributed by atoms with Crippen LogP contribution < -0.4 is 9.75 Å². The molecule has 1 saturated heterocycles. The SMILES string of the molecule is COc1ccc(N2C3C=CC(CC3)N2S(=O)(=O)c2ccccc2)cc1. The lowest BCUT2D eigenvalue weighted by molar-refractivity contribution is 0.235. The van der Waals surface area contributed by atoms with E-state index in [-0.39, 0.29) is 12.1 Å². The summed E-state index contributed by atoms with van der Waals surface area (Å²) >= 11 is 0. The summed E-state index contributed by atoms with van der Waals surface area (Å²) in [4.78, 5) is 0.314. The summed E-state index contributed by atoms with van der Waals surface area (Å²) in [7, 11) is -2.01. The lowest BCUT2D eigenvalue weighted by Gasteiger charge is -2.50. The third kappa shape index (κ3) is 2.71. The van der Waals surface area contributed by atoms with E-state index in [0.717, 1.165) is 24.3 Å². The van der Waals surface area contributed by atoms with Crippen molar-refractivity contribution in [3.8, 4) is 5.75 Å². The molecule has 5 rings (SSSR count). The normalized spacial score (nSPS) is 23.0. The zero-order valence-electron chi connectivity index (χ0n) is 13.9. The van der Waals surface area contributed by atoms with Crippen LogP contribution >= 0.6 is 0 Å². The first-order valence-electron chi connectivity index (χ1n) is 8.32. The number of fused-ring (bicyclic) bond motifs is 2. The molecule has 0 N–H and O–H groups in total. The fourth-order valence-electron chi connectivity index (χ4n) is 3.52. The van der Waals surface area contributed by atoms with Gasteiger partial charge < -0.3 is 4.74 Å². The molecule has 0 amide bonds. The molecule has 2 unspecified atom stereocenters. The molecule has 2 aromatic carbocycles. The van der Waals surface area contributed by atoms with Crippen LogP contribution in [-0.4, -0.2) is 32.0 Å². The fourth-order valence-corrected chi connectivity index (χ4v) is 5.22. The van der Waals surface area contributed by atoms with E-state index in [0.29, 0.717) is 4.90 Å². The maximum atomic E-state index is 13.3. The van der Waals surface area contributed by atoms with Gasteiger partial charge in [-0.05, 0) is 49.2 Å². The van der Waals surface area contributed by atoms with Crippen molar-refractivity contribution < 1.29 is 13.2 Å². The lowest BCUT2D eigenvalue weighted by Crippen LogP contribution is -2.61. The Morgan fingerprint density at radius 2 is 1.56 bits per heavy atom. The largest absolute Gasteiger partial charge is 0.497 e. The average Bonchev–Trinajstić information content (AvgIpc) is 2.69. The van der Waals surface area contributed by atoms with Crippen LogP contribution in [0.1, 0.15) is 12.8 Å². The second kappa shape index (κ2) is 6.20. The van der Waals surface area contributed by atoms with Gasteiger partial charge >= 0.3 is 0 Å². The van der Waals surface area contributed by atoms with Gasteiger partial charge in [0.25, 0.3) is 10.0 Å². The second-order valence-corrected chi connectivity index (χ2v) is 8.03. The number of nitrogens with zero attached hydrogens (tertiary/aromatic N) is 2. The van der Waals surface area contributed by atoms with Crippen molar-refractivity contribution in [3.05, 3.63) is 66.7 Å². The average molecular weight is 356 g/mol. The van der Waals surface area contributed by atoms with Gasteiger partial charge in [0.2, 0.25) is 0 Å². The van der Waals surface area contributed by atoms with Gasteiger partial charge in [0, 0.05) is 0 Å². The number of methoxy groups -OCH3 is 1. The van der Waals surface area contributed by atoms with Crippen LogP contribution in [0.2, 0.25) is 0 Å². The van der Waals surface area contributed by atoms with E-state index in [1.165, 1.54) is 4.41 Å². The molecule has 0 aromatic heterocycles. The molecule has 6 heteroatoms. The number of ether oxygens (including phenoxy) is 1. The lowest BCUT2D eigenvalue weighted by atomic mass is 9.95. The van der Waals surface area contributed by atoms with E-state index in [1.807, 2.05) is 41.4 Å². The Hall–Kier alpha value is -2.31. The Morgan fingerprint density at radius 1 is 0.920 bits per heavy atom. The van der Waals surface area contributed by atoms with Gasteiger partial charge in [-0.25, -0.2) is 8.42 Å². The van der Waals surface area contributed by atoms with E-state index in [9.17, 15) is 8.42 Å². The van der Waals surface area contributed by atoms with Crippen molar-refractivity contribution >= 4 is 15.7 Å². The predicted molar refractivity (Wildman–Crippen MR) is 96.9 cm³/mol. The summed E-state index contributed by atoms with van der Waals surface area (Å²) in [6, 6.07) is 16.0. The molecule has 2 atom stereocenters. The zero-order valence-corrected chi connectivity index (χ0v) is 14.8. The summed E-state index contributed by atoms with van der Waals surface area (Å²) in [5, 5.41) is 1.90. The number of sulfonamides is 1. The number of hydrazine groups is 1. The minimum atomic E-state index is -3.63. The summed E-state index contributed by atoms with van der Waals surface area (Å²) in [5.74, 6) is 0.749. The molecular weight excluding hydrogens is 336 g/mol. The smallest absolute Gasteiger partial charge is 0.260 e. The molecule has 0 spiro atoms. The first kappa shape index (κ1) is 16.2. The Balaban J connectivity index is 1.79. The zero-order chi connectivity index (χ0) is 17.4. The first-order chi connectivity index (χ1) is 12.1. The van der Waals surface area contributed by atoms with E-state index in [2.05, 4.69) is 6.08 Å². The first-order valence-corrected chi connectivity index (χ1v) is 9.76. The third-order valence-corrected chi connectivity index (χ3v) is 6.56. The number of hydrogen-bond donors (Lipinski definition) is 0. The maximum absolute atomic E-state index is 13.3. The summed E-state index contributed by atoms with van der Waals surface area (Å²) in [5.41, 5.74) is 0.847. The molecule has 0 saturated carbocycles. The molecule has 2 heterocycles. The highest BCUT2D eigenvalue weighted by molar-refractivity contribution is 7.89. The van der Waals surface area contributed by atoms with Crippen LogP contribution in [-0.2, 0) is 10.0 Å². The van der Waals surface area contributed by atoms with Crippen LogP contribution in [0.25, 0.3) is 0 Å². The van der Waals surface area contributed by atoms with Crippen molar-refractivity contribution in [1.29, 1.82) is 0 Å². The van der Waals surface area contributed by atoms with Gasteiger partial charge in [-0.3, -0.25) is 5.01 Å². The molecule has 1 fully saturated rings. The second-order valence-electron chi connectivity index (χ2n) is 6.23. The summed E-state index contributed by atoms with van der Waals surface area (Å²) in [6.07, 6.45) is 5.89. The molecule has 3 aliphatic rings. The maximum Gasteiger partial charge on any atom is 0.260 e. The highest BCUT2D eigenvalue weighted by Crippen LogP contribution is 2.38. The fraction of sp³-hybridized carbons (Fsp3) is 0.263. The van der Waals surface area contributed by atoms with Gasteiger partial charge in [0.15, 0.2) is 0 Å². The van der Waals surface area contributed by atoms with Gasteiger partial charge in [0.1, 0.15) is 5.75 Å². The van der Waals surface area contributed by atoms with Crippen molar-refractivity contribution in [2.45, 2.75) is 29.8 Å². The van der Waals surface area contributed by atoms with Gasteiger partial charge in [-0.1, -0.05) is 30.4 Å². The molecule has 2 aliphatic heterocycles. The standard InChI is InChI=1S/C19H20N2O3S/c1-24-18-13-11-16(12-14-18)20-15-7-9-17(10-8-15)21(20)25(22,23)19-5-3-2-4-6-19/h2-7,9,11-15,17H,8,10H2,1H3. The Bertz CT molecular complexity index is 879. The highest BCUT2D eigenvalue weighted by atomic mass is 32.2. The molecule has 2 aromatic rings. The van der Waals surface area contributed by atoms with Crippen LogP contribution in [0.3, 0.4) is 0 Å².